The third-order valence-electron chi connectivity index (χ3n) is 3.65. The Morgan fingerprint density at radius 3 is 2.86 bits per heavy atom. The quantitative estimate of drug-likeness (QED) is 0.906. The van der Waals surface area contributed by atoms with E-state index in [1.807, 2.05) is 30.3 Å². The zero-order valence-electron chi connectivity index (χ0n) is 11.8. The lowest BCUT2D eigenvalue weighted by Crippen LogP contribution is -2.43. The fourth-order valence-corrected chi connectivity index (χ4v) is 2.57. The number of carbonyl (C=O) groups excluding carboxylic acids is 1. The number of carbonyl (C=O) groups is 1. The molecule has 21 heavy (non-hydrogen) atoms. The number of hydrogen-bond acceptors (Lipinski definition) is 3. The summed E-state index contributed by atoms with van der Waals surface area (Å²) in [5.74, 6) is 0.752. The summed E-state index contributed by atoms with van der Waals surface area (Å²) >= 11 is 0. The van der Waals surface area contributed by atoms with Gasteiger partial charge in [0.05, 0.1) is 12.8 Å². The van der Waals surface area contributed by atoms with Gasteiger partial charge < -0.3 is 20.0 Å². The third kappa shape index (κ3) is 3.56. The first-order chi connectivity index (χ1) is 10.3. The minimum absolute atomic E-state index is 0.147. The number of hydrogen-bond donors (Lipinski definition) is 2. The predicted molar refractivity (Wildman–Crippen MR) is 81.1 cm³/mol. The van der Waals surface area contributed by atoms with E-state index in [4.69, 9.17) is 4.42 Å². The molecule has 1 fully saturated rings. The Hall–Kier alpha value is -2.43. The number of nitrogens with one attached hydrogen (secondary N) is 2. The lowest BCUT2D eigenvalue weighted by atomic mass is 10.3. The molecule has 1 saturated heterocycles. The van der Waals surface area contributed by atoms with Crippen molar-refractivity contribution in [2.75, 3.05) is 18.0 Å². The molecule has 5 nitrogen and oxygen atoms in total. The normalized spacial score (nSPS) is 17.7. The molecule has 2 N–H and O–H groups in total. The van der Waals surface area contributed by atoms with Gasteiger partial charge in [0.15, 0.2) is 0 Å². The zero-order valence-corrected chi connectivity index (χ0v) is 11.8. The third-order valence-corrected chi connectivity index (χ3v) is 3.65. The SMILES string of the molecule is O=C(NCc1ccco1)N[C@H]1CCN(c2ccccc2)C1. The molecule has 110 valence electrons. The van der Waals surface area contributed by atoms with Crippen molar-refractivity contribution in [2.45, 2.75) is 19.0 Å². The summed E-state index contributed by atoms with van der Waals surface area (Å²) in [6.45, 7) is 2.22. The first-order valence-electron chi connectivity index (χ1n) is 7.18. The van der Waals surface area contributed by atoms with Crippen LogP contribution in [0.3, 0.4) is 0 Å². The highest BCUT2D eigenvalue weighted by atomic mass is 16.3. The Morgan fingerprint density at radius 2 is 2.10 bits per heavy atom. The Kier molecular flexibility index (Phi) is 4.09. The highest BCUT2D eigenvalue weighted by molar-refractivity contribution is 5.74. The lowest BCUT2D eigenvalue weighted by Gasteiger charge is -2.19. The molecule has 1 aliphatic rings. The van der Waals surface area contributed by atoms with Crippen LogP contribution in [0.1, 0.15) is 12.2 Å². The van der Waals surface area contributed by atoms with E-state index in [1.165, 1.54) is 5.69 Å². The second kappa shape index (κ2) is 6.35. The van der Waals surface area contributed by atoms with Crippen LogP contribution >= 0.6 is 0 Å². The minimum Gasteiger partial charge on any atom is -0.467 e. The van der Waals surface area contributed by atoms with Gasteiger partial charge in [-0.05, 0) is 30.7 Å². The van der Waals surface area contributed by atoms with Crippen molar-refractivity contribution in [3.05, 3.63) is 54.5 Å². The zero-order chi connectivity index (χ0) is 14.5. The molecule has 1 aromatic heterocycles. The number of nitrogens with zero attached hydrogens (tertiary/aromatic N) is 1. The number of amides is 2. The fourth-order valence-electron chi connectivity index (χ4n) is 2.57. The summed E-state index contributed by atoms with van der Waals surface area (Å²) in [7, 11) is 0. The van der Waals surface area contributed by atoms with Crippen LogP contribution in [-0.4, -0.2) is 25.2 Å². The van der Waals surface area contributed by atoms with Crippen molar-refractivity contribution in [3.8, 4) is 0 Å². The van der Waals surface area contributed by atoms with Crippen molar-refractivity contribution < 1.29 is 9.21 Å². The van der Waals surface area contributed by atoms with Gasteiger partial charge in [0.1, 0.15) is 5.76 Å². The maximum Gasteiger partial charge on any atom is 0.315 e. The maximum absolute atomic E-state index is 11.9. The Bertz CT molecular complexity index is 568. The summed E-state index contributed by atoms with van der Waals surface area (Å²) in [6.07, 6.45) is 2.56. The van der Waals surface area contributed by atoms with Gasteiger partial charge >= 0.3 is 6.03 Å². The van der Waals surface area contributed by atoms with Gasteiger partial charge in [0.2, 0.25) is 0 Å². The van der Waals surface area contributed by atoms with E-state index in [-0.39, 0.29) is 12.1 Å². The topological polar surface area (TPSA) is 57.5 Å². The van der Waals surface area contributed by atoms with Crippen LogP contribution in [0, 0.1) is 0 Å². The van der Waals surface area contributed by atoms with E-state index >= 15 is 0 Å². The van der Waals surface area contributed by atoms with Gasteiger partial charge in [-0.3, -0.25) is 0 Å². The molecule has 0 spiro atoms. The van der Waals surface area contributed by atoms with Crippen LogP contribution in [0.15, 0.2) is 53.1 Å². The van der Waals surface area contributed by atoms with E-state index < -0.39 is 0 Å². The van der Waals surface area contributed by atoms with Crippen molar-refractivity contribution in [3.63, 3.8) is 0 Å². The van der Waals surface area contributed by atoms with Gasteiger partial charge in [0, 0.05) is 24.8 Å². The smallest absolute Gasteiger partial charge is 0.315 e. The molecule has 0 saturated carbocycles. The van der Waals surface area contributed by atoms with E-state index in [1.54, 1.807) is 6.26 Å². The first kappa shape index (κ1) is 13.5. The summed E-state index contributed by atoms with van der Waals surface area (Å²) < 4.78 is 5.18. The highest BCUT2D eigenvalue weighted by Gasteiger charge is 2.23. The summed E-state index contributed by atoms with van der Waals surface area (Å²) in [4.78, 5) is 14.1. The van der Waals surface area contributed by atoms with Crippen LogP contribution in [-0.2, 0) is 6.54 Å². The van der Waals surface area contributed by atoms with Gasteiger partial charge in [-0.2, -0.15) is 0 Å². The van der Waals surface area contributed by atoms with E-state index in [9.17, 15) is 4.79 Å². The van der Waals surface area contributed by atoms with Crippen LogP contribution in [0.25, 0.3) is 0 Å². The summed E-state index contributed by atoms with van der Waals surface area (Å²) in [5.41, 5.74) is 1.21. The molecule has 0 aliphatic carbocycles. The van der Waals surface area contributed by atoms with Crippen molar-refractivity contribution in [1.82, 2.24) is 10.6 Å². The number of para-hydroxylation sites is 1. The maximum atomic E-state index is 11.9. The first-order valence-corrected chi connectivity index (χ1v) is 7.18. The fraction of sp³-hybridized carbons (Fsp3) is 0.312. The van der Waals surface area contributed by atoms with E-state index in [0.717, 1.165) is 25.3 Å². The molecule has 1 aliphatic heterocycles. The number of benzene rings is 1. The predicted octanol–water partition coefficient (Wildman–Crippen LogP) is 2.36. The molecule has 2 amide bonds. The monoisotopic (exact) mass is 285 g/mol. The largest absolute Gasteiger partial charge is 0.467 e. The average Bonchev–Trinajstić information content (AvgIpc) is 3.17. The highest BCUT2D eigenvalue weighted by Crippen LogP contribution is 2.19. The molecule has 2 aromatic rings. The second-order valence-corrected chi connectivity index (χ2v) is 5.17. The number of anilines is 1. The molecular weight excluding hydrogens is 266 g/mol. The van der Waals surface area contributed by atoms with Crippen LogP contribution in [0.4, 0.5) is 10.5 Å². The average molecular weight is 285 g/mol. The summed E-state index contributed by atoms with van der Waals surface area (Å²) in [6, 6.07) is 14.0. The number of rotatable bonds is 4. The van der Waals surface area contributed by atoms with Crippen LogP contribution in [0.5, 0.6) is 0 Å². The Morgan fingerprint density at radius 1 is 1.24 bits per heavy atom. The van der Waals surface area contributed by atoms with Crippen molar-refractivity contribution in [2.24, 2.45) is 0 Å². The van der Waals surface area contributed by atoms with Gasteiger partial charge in [-0.25, -0.2) is 4.79 Å². The van der Waals surface area contributed by atoms with Crippen molar-refractivity contribution >= 4 is 11.7 Å². The van der Waals surface area contributed by atoms with Crippen molar-refractivity contribution in [1.29, 1.82) is 0 Å². The molecule has 0 radical (unpaired) electrons. The molecule has 0 bridgehead atoms. The van der Waals surface area contributed by atoms with Gasteiger partial charge in [-0.1, -0.05) is 18.2 Å². The van der Waals surface area contributed by atoms with Crippen LogP contribution < -0.4 is 15.5 Å². The number of urea groups is 1. The van der Waals surface area contributed by atoms with E-state index in [0.29, 0.717) is 6.54 Å². The molecule has 2 heterocycles. The molecule has 1 aromatic carbocycles. The molecular formula is C16H19N3O2. The standard InChI is InChI=1S/C16H19N3O2/c20-16(17-11-15-7-4-10-21-15)18-13-8-9-19(12-13)14-5-2-1-3-6-14/h1-7,10,13H,8-9,11-12H2,(H2,17,18,20)/t13-/m0/s1. The molecule has 5 heteroatoms. The minimum atomic E-state index is -0.147. The lowest BCUT2D eigenvalue weighted by molar-refractivity contribution is 0.236. The van der Waals surface area contributed by atoms with E-state index in [2.05, 4.69) is 27.7 Å². The van der Waals surface area contributed by atoms with Gasteiger partial charge in [-0.15, -0.1) is 0 Å². The molecule has 1 atom stereocenters. The Balaban J connectivity index is 1.45. The number of furan rings is 1. The summed E-state index contributed by atoms with van der Waals surface area (Å²) in [5, 5.41) is 5.81. The van der Waals surface area contributed by atoms with Gasteiger partial charge in [0.25, 0.3) is 0 Å². The second-order valence-electron chi connectivity index (χ2n) is 5.17. The van der Waals surface area contributed by atoms with Crippen LogP contribution in [0.2, 0.25) is 0 Å². The molecule has 3 rings (SSSR count). The Labute approximate surface area is 123 Å². The molecule has 0 unspecified atom stereocenters.